The molecule has 0 bridgehead atoms. The van der Waals surface area contributed by atoms with Crippen molar-refractivity contribution in [2.75, 3.05) is 0 Å². The molecule has 96 valence electrons. The smallest absolute Gasteiger partial charge is 0.189 e. The van der Waals surface area contributed by atoms with Crippen LogP contribution in [0.25, 0.3) is 0 Å². The van der Waals surface area contributed by atoms with E-state index < -0.39 is 0 Å². The zero-order chi connectivity index (χ0) is 13.0. The Morgan fingerprint density at radius 3 is 2.78 bits per heavy atom. The first-order valence-electron chi connectivity index (χ1n) is 6.37. The summed E-state index contributed by atoms with van der Waals surface area (Å²) in [6, 6.07) is 5.36. The average molecular weight is 328 g/mol. The number of Topliss-reactive ketones (excluding diaryl/α,β-unsaturated/α-hetero) is 1. The molecule has 3 heteroatoms. The van der Waals surface area contributed by atoms with Crippen LogP contribution in [0.5, 0.6) is 0 Å². The van der Waals surface area contributed by atoms with E-state index in [-0.39, 0.29) is 5.78 Å². The Hall–Kier alpha value is -0.600. The molecule has 0 aliphatic heterocycles. The average Bonchev–Trinajstić information content (AvgIpc) is 2.31. The maximum absolute atomic E-state index is 12.5. The van der Waals surface area contributed by atoms with Crippen LogP contribution in [0.4, 0.5) is 0 Å². The number of carbonyl (C=O) groups excluding carboxylic acids is 1. The molecular formula is C15H16BrClO. The highest BCUT2D eigenvalue weighted by atomic mass is 79.9. The van der Waals surface area contributed by atoms with Gasteiger partial charge in [0.1, 0.15) is 0 Å². The topological polar surface area (TPSA) is 17.1 Å². The number of carbonyl (C=O) groups is 1. The van der Waals surface area contributed by atoms with Crippen molar-refractivity contribution in [2.45, 2.75) is 38.5 Å². The first-order valence-corrected chi connectivity index (χ1v) is 7.54. The van der Waals surface area contributed by atoms with E-state index in [1.807, 2.05) is 6.07 Å². The van der Waals surface area contributed by atoms with E-state index in [1.165, 1.54) is 19.3 Å². The van der Waals surface area contributed by atoms with Crippen molar-refractivity contribution < 1.29 is 4.79 Å². The summed E-state index contributed by atoms with van der Waals surface area (Å²) in [6.45, 7) is 0. The van der Waals surface area contributed by atoms with Crippen LogP contribution < -0.4 is 0 Å². The number of halogens is 2. The molecule has 18 heavy (non-hydrogen) atoms. The lowest BCUT2D eigenvalue weighted by Gasteiger charge is -2.11. The molecule has 0 heterocycles. The molecule has 1 aliphatic carbocycles. The number of allylic oxidation sites excluding steroid dienone is 2. The van der Waals surface area contributed by atoms with Crippen LogP contribution in [0.15, 0.2) is 34.3 Å². The second-order valence-corrected chi connectivity index (χ2v) is 5.93. The molecule has 0 aromatic heterocycles. The fraction of sp³-hybridized carbons (Fsp3) is 0.400. The summed E-state index contributed by atoms with van der Waals surface area (Å²) in [5.41, 5.74) is 1.62. The van der Waals surface area contributed by atoms with Crippen molar-refractivity contribution in [1.29, 1.82) is 0 Å². The summed E-state index contributed by atoms with van der Waals surface area (Å²) in [6.07, 6.45) is 8.80. The van der Waals surface area contributed by atoms with Gasteiger partial charge in [-0.2, -0.15) is 0 Å². The maximum atomic E-state index is 12.5. The Balaban J connectivity index is 2.26. The van der Waals surface area contributed by atoms with E-state index >= 15 is 0 Å². The maximum Gasteiger partial charge on any atom is 0.189 e. The summed E-state index contributed by atoms with van der Waals surface area (Å²) in [4.78, 5) is 12.5. The van der Waals surface area contributed by atoms with Crippen LogP contribution in [-0.2, 0) is 0 Å². The molecule has 0 fully saturated rings. The largest absolute Gasteiger partial charge is 0.289 e. The number of hydrogen-bond donors (Lipinski definition) is 0. The van der Waals surface area contributed by atoms with Gasteiger partial charge in [-0.25, -0.2) is 0 Å². The third kappa shape index (κ3) is 3.46. The number of ketones is 1. The van der Waals surface area contributed by atoms with Gasteiger partial charge in [0, 0.05) is 15.1 Å². The van der Waals surface area contributed by atoms with Crippen molar-refractivity contribution in [3.8, 4) is 0 Å². The Bertz CT molecular complexity index is 479. The summed E-state index contributed by atoms with van der Waals surface area (Å²) in [5.74, 6) is 0.117. The molecule has 0 atom stereocenters. The van der Waals surface area contributed by atoms with Gasteiger partial charge < -0.3 is 0 Å². The molecule has 0 saturated heterocycles. The quantitative estimate of drug-likeness (QED) is 0.649. The van der Waals surface area contributed by atoms with Gasteiger partial charge in [0.2, 0.25) is 0 Å². The number of benzene rings is 1. The van der Waals surface area contributed by atoms with Crippen LogP contribution in [0.3, 0.4) is 0 Å². The van der Waals surface area contributed by atoms with Gasteiger partial charge in [0.15, 0.2) is 5.78 Å². The second kappa shape index (κ2) is 6.53. The van der Waals surface area contributed by atoms with Crippen LogP contribution in [0.2, 0.25) is 5.02 Å². The first kappa shape index (κ1) is 13.8. The molecule has 1 aromatic carbocycles. The summed E-state index contributed by atoms with van der Waals surface area (Å²) in [7, 11) is 0. The molecule has 0 amide bonds. The van der Waals surface area contributed by atoms with Gasteiger partial charge in [-0.3, -0.25) is 4.79 Å². The van der Waals surface area contributed by atoms with E-state index in [2.05, 4.69) is 22.0 Å². The number of hydrogen-bond acceptors (Lipinski definition) is 1. The number of rotatable bonds is 2. The van der Waals surface area contributed by atoms with Crippen molar-refractivity contribution in [2.24, 2.45) is 0 Å². The summed E-state index contributed by atoms with van der Waals surface area (Å²) in [5, 5.41) is 0.605. The summed E-state index contributed by atoms with van der Waals surface area (Å²) >= 11 is 9.39. The third-order valence-corrected chi connectivity index (χ3v) is 4.18. The molecule has 1 aliphatic rings. The lowest BCUT2D eigenvalue weighted by Crippen LogP contribution is -2.06. The monoisotopic (exact) mass is 326 g/mol. The van der Waals surface area contributed by atoms with E-state index in [9.17, 15) is 4.79 Å². The SMILES string of the molecule is O=C(/C1=C/CCCCCC1)c1cc(Cl)ccc1Br. The minimum absolute atomic E-state index is 0.117. The van der Waals surface area contributed by atoms with E-state index in [0.29, 0.717) is 10.6 Å². The molecular weight excluding hydrogens is 312 g/mol. The molecule has 0 spiro atoms. The van der Waals surface area contributed by atoms with Gasteiger partial charge in [-0.05, 0) is 49.5 Å². The molecule has 0 radical (unpaired) electrons. The molecule has 0 N–H and O–H groups in total. The highest BCUT2D eigenvalue weighted by Gasteiger charge is 2.16. The van der Waals surface area contributed by atoms with Gasteiger partial charge in [-0.15, -0.1) is 0 Å². The molecule has 0 unspecified atom stereocenters. The fourth-order valence-electron chi connectivity index (χ4n) is 2.24. The van der Waals surface area contributed by atoms with Gasteiger partial charge in [0.25, 0.3) is 0 Å². The Kier molecular flexibility index (Phi) is 5.02. The lowest BCUT2D eigenvalue weighted by molar-refractivity contribution is 0.102. The van der Waals surface area contributed by atoms with E-state index in [0.717, 1.165) is 29.3 Å². The molecule has 0 saturated carbocycles. The van der Waals surface area contributed by atoms with Gasteiger partial charge in [-0.1, -0.05) is 46.4 Å². The highest BCUT2D eigenvalue weighted by molar-refractivity contribution is 9.10. The minimum atomic E-state index is 0.117. The van der Waals surface area contributed by atoms with Crippen molar-refractivity contribution in [1.82, 2.24) is 0 Å². The second-order valence-electron chi connectivity index (χ2n) is 4.64. The predicted octanol–water partition coefficient (Wildman–Crippen LogP) is 5.57. The third-order valence-electron chi connectivity index (χ3n) is 3.26. The Labute approximate surface area is 121 Å². The van der Waals surface area contributed by atoms with Crippen molar-refractivity contribution in [3.63, 3.8) is 0 Å². The normalized spacial score (nSPS) is 19.6. The van der Waals surface area contributed by atoms with Gasteiger partial charge in [0.05, 0.1) is 0 Å². The minimum Gasteiger partial charge on any atom is -0.289 e. The van der Waals surface area contributed by atoms with Crippen molar-refractivity contribution >= 4 is 33.3 Å². The Morgan fingerprint density at radius 2 is 1.94 bits per heavy atom. The fourth-order valence-corrected chi connectivity index (χ4v) is 2.84. The first-order chi connectivity index (χ1) is 8.68. The molecule has 1 nitrogen and oxygen atoms in total. The van der Waals surface area contributed by atoms with Crippen LogP contribution in [0.1, 0.15) is 48.9 Å². The van der Waals surface area contributed by atoms with Crippen LogP contribution in [0, 0.1) is 0 Å². The zero-order valence-corrected chi connectivity index (χ0v) is 12.6. The molecule has 1 aromatic rings. The van der Waals surface area contributed by atoms with E-state index in [4.69, 9.17) is 11.6 Å². The zero-order valence-electron chi connectivity index (χ0n) is 10.2. The Morgan fingerprint density at radius 1 is 1.17 bits per heavy atom. The summed E-state index contributed by atoms with van der Waals surface area (Å²) < 4.78 is 0.819. The van der Waals surface area contributed by atoms with Gasteiger partial charge >= 0.3 is 0 Å². The standard InChI is InChI=1S/C15H16BrClO/c16-14-9-8-12(17)10-13(14)15(18)11-6-4-2-1-3-5-7-11/h6,8-10H,1-5,7H2/b11-6+. The predicted molar refractivity (Wildman–Crippen MR) is 79.3 cm³/mol. The van der Waals surface area contributed by atoms with Crippen LogP contribution >= 0.6 is 27.5 Å². The highest BCUT2D eigenvalue weighted by Crippen LogP contribution is 2.26. The van der Waals surface area contributed by atoms with Crippen LogP contribution in [-0.4, -0.2) is 5.78 Å². The lowest BCUT2D eigenvalue weighted by atomic mass is 9.94. The van der Waals surface area contributed by atoms with Crippen molar-refractivity contribution in [3.05, 3.63) is 44.9 Å². The van der Waals surface area contributed by atoms with E-state index in [1.54, 1.807) is 12.1 Å². The molecule has 2 rings (SSSR count).